The molecule has 0 spiro atoms. The molecule has 0 fully saturated rings. The topological polar surface area (TPSA) is 128 Å². The van der Waals surface area contributed by atoms with E-state index in [-0.39, 0.29) is 17.4 Å². The molecule has 1 aliphatic rings. The number of anilines is 4. The molecule has 0 aliphatic heterocycles. The highest BCUT2D eigenvalue weighted by Crippen LogP contribution is 2.44. The number of benzene rings is 5. The zero-order valence-corrected chi connectivity index (χ0v) is 29.7. The van der Waals surface area contributed by atoms with Gasteiger partial charge in [0.25, 0.3) is 5.56 Å². The smallest absolute Gasteiger partial charge is 0.327 e. The number of ether oxygens (including phenoxy) is 1. The first-order valence-electron chi connectivity index (χ1n) is 17.1. The number of carbonyl (C=O) groups is 2. The van der Waals surface area contributed by atoms with Gasteiger partial charge in [-0.2, -0.15) is 15.0 Å². The number of hydrogen-bond donors (Lipinski definition) is 2. The number of ketones is 2. The zero-order valence-electron chi connectivity index (χ0n) is 29.7. The lowest BCUT2D eigenvalue weighted by Gasteiger charge is -2.26. The van der Waals surface area contributed by atoms with Crippen LogP contribution in [0.2, 0.25) is 0 Å². The molecule has 0 saturated carbocycles. The molecule has 0 unspecified atom stereocenters. The zero-order chi connectivity index (χ0) is 37.0. The third-order valence-corrected chi connectivity index (χ3v) is 9.50. The summed E-state index contributed by atoms with van der Waals surface area (Å²) in [4.78, 5) is 56.1. The average Bonchev–Trinajstić information content (AvgIpc) is 3.14. The number of nitrogens with one attached hydrogen (secondary N) is 2. The van der Waals surface area contributed by atoms with Gasteiger partial charge in [-0.25, -0.2) is 0 Å². The SMILES string of the molecule is Cc1cccc(C(=O)c2c3c4c(c(Nc5cc(Nc6nc(C)nc(Oc7ccccc7)n6)c(C)cc5C)ccc4n(C)c2=O)C(=O)c2ccccc2-3)c1. The molecule has 10 nitrogen and oxygen atoms in total. The van der Waals surface area contributed by atoms with Crippen LogP contribution in [0.15, 0.2) is 108 Å². The van der Waals surface area contributed by atoms with Crippen molar-refractivity contribution >= 4 is 45.5 Å². The summed E-state index contributed by atoms with van der Waals surface area (Å²) in [6.07, 6.45) is 0. The minimum absolute atomic E-state index is 0.0326. The molecule has 8 rings (SSSR count). The normalized spacial score (nSPS) is 11.7. The highest BCUT2D eigenvalue weighted by atomic mass is 16.5. The number of fused-ring (bicyclic) bond motifs is 2. The van der Waals surface area contributed by atoms with Gasteiger partial charge in [-0.05, 0) is 80.8 Å². The predicted molar refractivity (Wildman–Crippen MR) is 206 cm³/mol. The summed E-state index contributed by atoms with van der Waals surface area (Å²) in [5, 5.41) is 7.39. The lowest BCUT2D eigenvalue weighted by Crippen LogP contribution is -2.29. The molecule has 0 amide bonds. The quantitative estimate of drug-likeness (QED) is 0.150. The van der Waals surface area contributed by atoms with Gasteiger partial charge in [-0.15, -0.1) is 0 Å². The van der Waals surface area contributed by atoms with Crippen LogP contribution in [-0.2, 0) is 7.05 Å². The second-order valence-electron chi connectivity index (χ2n) is 13.2. The number of aromatic nitrogens is 4. The second kappa shape index (κ2) is 13.0. The minimum Gasteiger partial charge on any atom is -0.424 e. The van der Waals surface area contributed by atoms with E-state index < -0.39 is 11.3 Å². The van der Waals surface area contributed by atoms with Gasteiger partial charge >= 0.3 is 6.01 Å². The van der Waals surface area contributed by atoms with E-state index in [9.17, 15) is 14.4 Å². The van der Waals surface area contributed by atoms with Crippen molar-refractivity contribution < 1.29 is 14.3 Å². The summed E-state index contributed by atoms with van der Waals surface area (Å²) in [7, 11) is 1.64. The van der Waals surface area contributed by atoms with Gasteiger partial charge in [-0.1, -0.05) is 72.3 Å². The number of pyridine rings is 1. The number of aryl methyl sites for hydroxylation is 5. The first-order valence-corrected chi connectivity index (χ1v) is 17.1. The van der Waals surface area contributed by atoms with Crippen LogP contribution in [-0.4, -0.2) is 31.1 Å². The molecule has 53 heavy (non-hydrogen) atoms. The molecule has 0 radical (unpaired) electrons. The molecular formula is C43H34N6O4. The molecule has 0 atom stereocenters. The van der Waals surface area contributed by atoms with Crippen molar-refractivity contribution in [3.63, 3.8) is 0 Å². The lowest BCUT2D eigenvalue weighted by atomic mass is 9.80. The van der Waals surface area contributed by atoms with Crippen LogP contribution in [0.5, 0.6) is 11.8 Å². The summed E-state index contributed by atoms with van der Waals surface area (Å²) in [5.74, 6) is 0.800. The molecule has 2 heterocycles. The van der Waals surface area contributed by atoms with Crippen molar-refractivity contribution in [2.75, 3.05) is 10.6 Å². The highest BCUT2D eigenvalue weighted by Gasteiger charge is 2.34. The maximum atomic E-state index is 14.5. The van der Waals surface area contributed by atoms with Gasteiger partial charge in [0.15, 0.2) is 11.6 Å². The molecule has 5 aromatic carbocycles. The summed E-state index contributed by atoms with van der Waals surface area (Å²) >= 11 is 0. The Balaban J connectivity index is 1.25. The van der Waals surface area contributed by atoms with Crippen LogP contribution in [0.4, 0.5) is 23.0 Å². The Morgan fingerprint density at radius 1 is 0.679 bits per heavy atom. The van der Waals surface area contributed by atoms with Crippen LogP contribution in [0.1, 0.15) is 54.4 Å². The standard InChI is InChI=1S/C43H34N6O4/c1-23-12-11-13-27(20-23)39(50)38-35-29-16-9-10-17-30(29)40(51)36-31(18-19-34(37(35)36)49(5)41(38)52)46-32-22-33(25(3)21-24(32)2)47-42-44-26(4)45-43(48-42)53-28-14-7-6-8-15-28/h6-22,46H,1-5H3,(H,44,45,47,48). The highest BCUT2D eigenvalue weighted by molar-refractivity contribution is 6.31. The summed E-state index contributed by atoms with van der Waals surface area (Å²) in [6, 6.07) is 31.4. The monoisotopic (exact) mass is 698 g/mol. The molecule has 10 heteroatoms. The fourth-order valence-corrected chi connectivity index (χ4v) is 6.96. The Bertz CT molecular complexity index is 2720. The van der Waals surface area contributed by atoms with Crippen LogP contribution in [0.25, 0.3) is 22.0 Å². The van der Waals surface area contributed by atoms with E-state index in [0.717, 1.165) is 28.1 Å². The number of rotatable bonds is 8. The molecule has 1 aliphatic carbocycles. The van der Waals surface area contributed by atoms with Crippen LogP contribution >= 0.6 is 0 Å². The fraction of sp³-hybridized carbons (Fsp3) is 0.116. The molecule has 2 N–H and O–H groups in total. The first-order chi connectivity index (χ1) is 25.6. The van der Waals surface area contributed by atoms with Crippen molar-refractivity contribution in [1.82, 2.24) is 19.5 Å². The maximum absolute atomic E-state index is 14.5. The van der Waals surface area contributed by atoms with Crippen LogP contribution in [0, 0.1) is 27.7 Å². The van der Waals surface area contributed by atoms with Crippen molar-refractivity contribution in [3.05, 3.63) is 158 Å². The van der Waals surface area contributed by atoms with E-state index in [1.165, 1.54) is 4.57 Å². The minimum atomic E-state index is -0.425. The third-order valence-electron chi connectivity index (χ3n) is 9.50. The van der Waals surface area contributed by atoms with Gasteiger partial charge in [0.1, 0.15) is 11.6 Å². The van der Waals surface area contributed by atoms with E-state index in [1.807, 2.05) is 87.5 Å². The molecule has 2 aromatic heterocycles. The Morgan fingerprint density at radius 2 is 1.40 bits per heavy atom. The Hall–Kier alpha value is -6.94. The van der Waals surface area contributed by atoms with Gasteiger partial charge in [0, 0.05) is 40.5 Å². The number of nitrogens with zero attached hydrogens (tertiary/aromatic N) is 4. The third kappa shape index (κ3) is 5.89. The largest absolute Gasteiger partial charge is 0.424 e. The number of hydrogen-bond acceptors (Lipinski definition) is 9. The molecule has 0 bridgehead atoms. The van der Waals surface area contributed by atoms with E-state index >= 15 is 0 Å². The average molecular weight is 699 g/mol. The van der Waals surface area contributed by atoms with Crippen LogP contribution < -0.4 is 20.9 Å². The Labute approximate surface area is 305 Å². The Morgan fingerprint density at radius 3 is 2.15 bits per heavy atom. The summed E-state index contributed by atoms with van der Waals surface area (Å²) in [6.45, 7) is 7.63. The number of para-hydroxylation sites is 1. The second-order valence-corrected chi connectivity index (χ2v) is 13.2. The first kappa shape index (κ1) is 33.2. The number of carbonyl (C=O) groups excluding carboxylic acids is 2. The van der Waals surface area contributed by atoms with Crippen molar-refractivity contribution in [2.45, 2.75) is 27.7 Å². The summed E-state index contributed by atoms with van der Waals surface area (Å²) in [5.41, 5.74) is 7.17. The maximum Gasteiger partial charge on any atom is 0.327 e. The van der Waals surface area contributed by atoms with Gasteiger partial charge in [-0.3, -0.25) is 14.4 Å². The van der Waals surface area contributed by atoms with Gasteiger partial charge < -0.3 is 19.9 Å². The molecule has 0 saturated heterocycles. The lowest BCUT2D eigenvalue weighted by molar-refractivity contribution is 0.102. The van der Waals surface area contributed by atoms with Gasteiger partial charge in [0.2, 0.25) is 5.95 Å². The van der Waals surface area contributed by atoms with E-state index in [0.29, 0.717) is 61.9 Å². The summed E-state index contributed by atoms with van der Waals surface area (Å²) < 4.78 is 7.34. The molecule has 7 aromatic rings. The van der Waals surface area contributed by atoms with Crippen molar-refractivity contribution in [1.29, 1.82) is 0 Å². The van der Waals surface area contributed by atoms with E-state index in [1.54, 1.807) is 50.4 Å². The Kier molecular flexibility index (Phi) is 8.14. The van der Waals surface area contributed by atoms with Crippen molar-refractivity contribution in [3.8, 4) is 22.9 Å². The van der Waals surface area contributed by atoms with Gasteiger partial charge in [0.05, 0.1) is 22.3 Å². The van der Waals surface area contributed by atoms with Crippen molar-refractivity contribution in [2.24, 2.45) is 7.05 Å². The fourth-order valence-electron chi connectivity index (χ4n) is 6.96. The molecule has 260 valence electrons. The van der Waals surface area contributed by atoms with E-state index in [4.69, 9.17) is 4.74 Å². The predicted octanol–water partition coefficient (Wildman–Crippen LogP) is 8.68. The molecular weight excluding hydrogens is 665 g/mol. The van der Waals surface area contributed by atoms with E-state index in [2.05, 4.69) is 25.6 Å². The van der Waals surface area contributed by atoms with Crippen LogP contribution in [0.3, 0.4) is 0 Å².